The van der Waals surface area contributed by atoms with E-state index in [0.717, 1.165) is 6.07 Å². The second-order valence-corrected chi connectivity index (χ2v) is 18.3. The molecule has 61 heavy (non-hydrogen) atoms. The first-order chi connectivity index (χ1) is 29.0. The van der Waals surface area contributed by atoms with Crippen molar-refractivity contribution in [1.82, 2.24) is 0 Å². The van der Waals surface area contributed by atoms with Gasteiger partial charge in [-0.2, -0.15) is 18.6 Å². The van der Waals surface area contributed by atoms with Crippen LogP contribution in [0, 0.1) is 0 Å². The fourth-order valence-electron chi connectivity index (χ4n) is 5.03. The number of nitrogens with one attached hydrogen (secondary N) is 1. The minimum absolute atomic E-state index is 0.0340. The Bertz CT molecular complexity index is 2760. The lowest BCUT2D eigenvalue weighted by molar-refractivity contribution is -0.434. The Morgan fingerprint density at radius 2 is 1.33 bits per heavy atom. The smallest absolute Gasteiger partial charge is 0.397 e. The van der Waals surface area contributed by atoms with Crippen LogP contribution in [0.5, 0.6) is 5.75 Å². The molecule has 5 aromatic rings. The molecule has 1 amide bonds. The molecular formula is C33H30N6O17S5. The van der Waals surface area contributed by atoms with Crippen molar-refractivity contribution in [2.75, 3.05) is 35.8 Å². The number of hydrogen-bond donors (Lipinski definition) is 6. The second kappa shape index (κ2) is 21.1. The van der Waals surface area contributed by atoms with E-state index >= 15 is 0 Å². The molecule has 5 aromatic carbocycles. The first kappa shape index (κ1) is 46.9. The molecule has 0 aliphatic rings. The van der Waals surface area contributed by atoms with Gasteiger partial charge < -0.3 is 16.2 Å². The van der Waals surface area contributed by atoms with E-state index in [1.165, 1.54) is 84.9 Å². The number of nitrogens with two attached hydrogens (primary N) is 1. The van der Waals surface area contributed by atoms with E-state index in [-0.39, 0.29) is 84.1 Å². The van der Waals surface area contributed by atoms with Crippen molar-refractivity contribution in [3.05, 3.63) is 96.6 Å². The lowest BCUT2D eigenvalue weighted by atomic mass is 10.1. The first-order valence-corrected chi connectivity index (χ1v) is 22.6. The third-order valence-electron chi connectivity index (χ3n) is 7.82. The predicted molar refractivity (Wildman–Crippen MR) is 216 cm³/mol. The van der Waals surface area contributed by atoms with Gasteiger partial charge >= 0.3 is 10.4 Å². The zero-order chi connectivity index (χ0) is 44.2. The Labute approximate surface area is 354 Å². The highest BCUT2D eigenvalue weighted by Gasteiger charge is 2.20. The number of benzene rings is 5. The molecule has 0 aliphatic heterocycles. The van der Waals surface area contributed by atoms with Gasteiger partial charge in [-0.25, -0.2) is 31.5 Å². The quantitative estimate of drug-likeness (QED) is 0.00819. The minimum atomic E-state index is -4.83. The highest BCUT2D eigenvalue weighted by molar-refractivity contribution is 7.94. The molecule has 0 saturated carbocycles. The van der Waals surface area contributed by atoms with E-state index in [0.29, 0.717) is 12.0 Å². The average Bonchev–Trinajstić information content (AvgIpc) is 3.22. The van der Waals surface area contributed by atoms with Crippen LogP contribution in [0.15, 0.2) is 126 Å². The molecule has 0 atom stereocenters. The van der Waals surface area contributed by atoms with Gasteiger partial charge in [-0.05, 0) is 84.9 Å². The Balaban J connectivity index is 1.32. The summed E-state index contributed by atoms with van der Waals surface area (Å²) in [4.78, 5) is 12.8. The molecule has 0 radical (unpaired) electrons. The van der Waals surface area contributed by atoms with Crippen LogP contribution in [0.25, 0.3) is 10.8 Å². The molecule has 28 heteroatoms. The summed E-state index contributed by atoms with van der Waals surface area (Å²) in [6, 6.07) is 20.6. The molecule has 7 N–H and O–H groups in total. The number of anilines is 2. The number of nitrogen functional groups attached to an aromatic ring is 1. The third kappa shape index (κ3) is 13.2. The molecule has 0 heterocycles. The third-order valence-corrected chi connectivity index (χ3v) is 12.7. The fraction of sp³-hybridized carbons (Fsp3) is 0.121. The molecule has 0 saturated heterocycles. The van der Waals surface area contributed by atoms with Gasteiger partial charge in [0.15, 0.2) is 37.7 Å². The van der Waals surface area contributed by atoms with E-state index in [1.807, 2.05) is 0 Å². The molecule has 5 rings (SSSR count). The van der Waals surface area contributed by atoms with E-state index in [4.69, 9.17) is 25.0 Å². The van der Waals surface area contributed by atoms with E-state index < -0.39 is 59.8 Å². The SMILES string of the molecule is Nc1ccc2c(O)c(N=Nc3ccc(C(=O)Nc4cccc(S(=O)(=O)CCOS(=O)(=O)O)c4)cc3)c(SOOO)cc2c1N=Nc1ccc(S(=O)(=O)CCOSOOO)cc1. The van der Waals surface area contributed by atoms with Gasteiger partial charge in [0.05, 0.1) is 68.5 Å². The Kier molecular flexibility index (Phi) is 16.2. The molecule has 23 nitrogen and oxygen atoms in total. The summed E-state index contributed by atoms with van der Waals surface area (Å²) in [7, 11) is -12.7. The number of carbonyl (C=O) groups is 1. The molecule has 324 valence electrons. The van der Waals surface area contributed by atoms with Crippen molar-refractivity contribution >= 4 is 105 Å². The highest BCUT2D eigenvalue weighted by atomic mass is 32.3. The monoisotopic (exact) mass is 942 g/mol. The van der Waals surface area contributed by atoms with E-state index in [9.17, 15) is 35.2 Å². The molecule has 0 fully saturated rings. The van der Waals surface area contributed by atoms with Crippen molar-refractivity contribution in [3.63, 3.8) is 0 Å². The van der Waals surface area contributed by atoms with Crippen molar-refractivity contribution in [1.29, 1.82) is 0 Å². The number of sulfone groups is 2. The van der Waals surface area contributed by atoms with Crippen LogP contribution in [0.3, 0.4) is 0 Å². The van der Waals surface area contributed by atoms with Gasteiger partial charge in [-0.1, -0.05) is 16.1 Å². The number of nitrogens with zero attached hydrogens (tertiary/aromatic N) is 4. The summed E-state index contributed by atoms with van der Waals surface area (Å²) in [5.74, 6) is -2.22. The number of rotatable bonds is 21. The van der Waals surface area contributed by atoms with Crippen LogP contribution in [0.2, 0.25) is 0 Å². The summed E-state index contributed by atoms with van der Waals surface area (Å²) in [6.45, 7) is -1.10. The van der Waals surface area contributed by atoms with Crippen molar-refractivity contribution in [3.8, 4) is 5.75 Å². The first-order valence-electron chi connectivity index (χ1n) is 16.5. The molecule has 0 unspecified atom stereocenters. The number of azo groups is 2. The lowest BCUT2D eigenvalue weighted by Crippen LogP contribution is -2.16. The molecule has 0 bridgehead atoms. The van der Waals surface area contributed by atoms with Gasteiger partial charge in [-0.15, -0.1) is 18.9 Å². The number of fused-ring (bicyclic) bond motifs is 1. The number of hydrogen-bond acceptors (Lipinski definition) is 23. The summed E-state index contributed by atoms with van der Waals surface area (Å²) in [5.41, 5.74) is 7.01. The van der Waals surface area contributed by atoms with Crippen LogP contribution < -0.4 is 11.1 Å². The zero-order valence-electron chi connectivity index (χ0n) is 30.5. The van der Waals surface area contributed by atoms with Crippen LogP contribution in [-0.4, -0.2) is 76.1 Å². The number of phenolic OH excluding ortho intramolecular Hbond substituents is 1. The van der Waals surface area contributed by atoms with Gasteiger partial charge in [0, 0.05) is 22.0 Å². The largest absolute Gasteiger partial charge is 0.505 e. The minimum Gasteiger partial charge on any atom is -0.505 e. The van der Waals surface area contributed by atoms with Crippen LogP contribution in [-0.2, 0) is 57.2 Å². The normalized spacial score (nSPS) is 12.4. The van der Waals surface area contributed by atoms with Crippen LogP contribution >= 0.6 is 24.4 Å². The maximum Gasteiger partial charge on any atom is 0.397 e. The lowest BCUT2D eigenvalue weighted by Gasteiger charge is -2.11. The second-order valence-electron chi connectivity index (χ2n) is 11.7. The number of aromatic hydroxyl groups is 1. The summed E-state index contributed by atoms with van der Waals surface area (Å²) >= 11 is 0.692. The number of phenols is 1. The maximum absolute atomic E-state index is 13.0. The van der Waals surface area contributed by atoms with E-state index in [1.54, 1.807) is 0 Å². The molecule has 0 spiro atoms. The Hall–Kier alpha value is -5.18. The summed E-state index contributed by atoms with van der Waals surface area (Å²) in [6.07, 6.45) is 0. The Morgan fingerprint density at radius 3 is 1.98 bits per heavy atom. The fourth-order valence-corrected chi connectivity index (χ4v) is 8.45. The van der Waals surface area contributed by atoms with Gasteiger partial charge in [0.2, 0.25) is 0 Å². The van der Waals surface area contributed by atoms with Crippen LogP contribution in [0.1, 0.15) is 10.4 Å². The van der Waals surface area contributed by atoms with Gasteiger partial charge in [0.25, 0.3) is 5.91 Å². The van der Waals surface area contributed by atoms with Crippen molar-refractivity contribution < 1.29 is 77.3 Å². The molecular weight excluding hydrogens is 913 g/mol. The van der Waals surface area contributed by atoms with Crippen molar-refractivity contribution in [2.45, 2.75) is 14.7 Å². The Morgan fingerprint density at radius 1 is 0.705 bits per heavy atom. The number of carbonyl (C=O) groups excluding carboxylic acids is 1. The summed E-state index contributed by atoms with van der Waals surface area (Å²) < 4.78 is 98.1. The van der Waals surface area contributed by atoms with Crippen molar-refractivity contribution in [2.24, 2.45) is 20.5 Å². The number of amides is 1. The van der Waals surface area contributed by atoms with Gasteiger partial charge in [0.1, 0.15) is 11.4 Å². The zero-order valence-corrected chi connectivity index (χ0v) is 34.6. The average molecular weight is 943 g/mol. The maximum atomic E-state index is 13.0. The standard InChI is InChI=1S/C33H30N6O17S5/c34-28-13-12-26-27(30(28)38-36-22-8-10-24(11-9-22)59(44,45)16-14-51-58-56-54-43)19-29(57-55-53-42)31(32(26)40)39-37-21-6-4-20(5-7-21)33(41)35-23-2-1-3-25(18-23)60(46,47)17-15-52-61(48,49)50/h1-13,18-19,40,42-43H,14-17,34H2,(H,35,41)(H,48,49,50). The summed E-state index contributed by atoms with van der Waals surface area (Å²) in [5, 5.41) is 55.1. The predicted octanol–water partition coefficient (Wildman–Crippen LogP) is 7.01. The van der Waals surface area contributed by atoms with E-state index in [2.05, 4.69) is 48.7 Å². The van der Waals surface area contributed by atoms with Crippen LogP contribution in [0.4, 0.5) is 34.1 Å². The molecule has 0 aromatic heterocycles. The highest BCUT2D eigenvalue weighted by Crippen LogP contribution is 2.47. The molecule has 0 aliphatic carbocycles. The van der Waals surface area contributed by atoms with Gasteiger partial charge in [-0.3, -0.25) is 13.5 Å². The topological polar surface area (TPSA) is 343 Å².